The van der Waals surface area contributed by atoms with Crippen LogP contribution in [0.5, 0.6) is 0 Å². The van der Waals surface area contributed by atoms with Gasteiger partial charge in [-0.3, -0.25) is 4.57 Å². The van der Waals surface area contributed by atoms with Crippen molar-refractivity contribution < 1.29 is 9.15 Å². The highest BCUT2D eigenvalue weighted by Crippen LogP contribution is 2.31. The third-order valence-electron chi connectivity index (χ3n) is 5.54. The molecule has 3 heterocycles. The number of fused-ring (bicyclic) bond motifs is 1. The second kappa shape index (κ2) is 8.80. The van der Waals surface area contributed by atoms with Crippen LogP contribution in [0.1, 0.15) is 16.7 Å². The molecule has 0 N–H and O–H groups in total. The summed E-state index contributed by atoms with van der Waals surface area (Å²) >= 11 is 1.56. The highest BCUT2D eigenvalue weighted by Gasteiger charge is 2.22. The molecule has 5 rings (SSSR count). The molecule has 32 heavy (non-hydrogen) atoms. The minimum Gasteiger partial charge on any atom is -0.423 e. The minimum absolute atomic E-state index is 0.340. The Morgan fingerprint density at radius 2 is 1.72 bits per heavy atom. The van der Waals surface area contributed by atoms with E-state index in [9.17, 15) is 4.79 Å². The molecule has 0 bridgehead atoms. The van der Waals surface area contributed by atoms with Crippen LogP contribution in [0, 0.1) is 13.8 Å². The van der Waals surface area contributed by atoms with E-state index in [1.54, 1.807) is 17.8 Å². The van der Waals surface area contributed by atoms with Gasteiger partial charge in [0.25, 0.3) is 0 Å². The van der Waals surface area contributed by atoms with Crippen molar-refractivity contribution in [2.45, 2.75) is 24.8 Å². The molecule has 2 aromatic carbocycles. The number of benzene rings is 2. The summed E-state index contributed by atoms with van der Waals surface area (Å²) in [6.07, 6.45) is 0. The molecule has 0 amide bonds. The van der Waals surface area contributed by atoms with Crippen LogP contribution < -0.4 is 10.5 Å². The summed E-state index contributed by atoms with van der Waals surface area (Å²) < 4.78 is 13.0. The zero-order chi connectivity index (χ0) is 22.1. The zero-order valence-electron chi connectivity index (χ0n) is 18.1. The minimum atomic E-state index is -0.340. The molecular formula is C24H24N4O3S. The van der Waals surface area contributed by atoms with Crippen LogP contribution >= 0.6 is 11.8 Å². The zero-order valence-corrected chi connectivity index (χ0v) is 18.9. The first kappa shape index (κ1) is 20.8. The number of ether oxygens (including phenoxy) is 1. The quantitative estimate of drug-likeness (QED) is 0.336. The van der Waals surface area contributed by atoms with E-state index in [-0.39, 0.29) is 5.63 Å². The molecule has 0 radical (unpaired) electrons. The molecule has 4 aromatic rings. The summed E-state index contributed by atoms with van der Waals surface area (Å²) in [6.45, 7) is 6.96. The molecule has 1 aliphatic rings. The van der Waals surface area contributed by atoms with Crippen molar-refractivity contribution in [3.8, 4) is 5.69 Å². The number of aryl methyl sites for hydroxylation is 2. The topological polar surface area (TPSA) is 73.4 Å². The van der Waals surface area contributed by atoms with Crippen LogP contribution in [-0.4, -0.2) is 41.1 Å². The molecule has 8 heteroatoms. The Bertz CT molecular complexity index is 1310. The Morgan fingerprint density at radius 3 is 2.50 bits per heavy atom. The summed E-state index contributed by atoms with van der Waals surface area (Å²) in [4.78, 5) is 14.3. The lowest BCUT2D eigenvalue weighted by Crippen LogP contribution is -2.37. The molecule has 1 aliphatic heterocycles. The average Bonchev–Trinajstić information content (AvgIpc) is 3.22. The summed E-state index contributed by atoms with van der Waals surface area (Å²) in [5.41, 5.74) is 4.46. The first-order valence-corrected chi connectivity index (χ1v) is 11.6. The molecule has 0 spiro atoms. The van der Waals surface area contributed by atoms with E-state index in [1.165, 1.54) is 5.56 Å². The molecule has 0 atom stereocenters. The fourth-order valence-electron chi connectivity index (χ4n) is 3.84. The van der Waals surface area contributed by atoms with Crippen LogP contribution in [-0.2, 0) is 10.5 Å². The van der Waals surface area contributed by atoms with Crippen LogP contribution in [0.15, 0.2) is 62.9 Å². The predicted octanol–water partition coefficient (Wildman–Crippen LogP) is 4.12. The van der Waals surface area contributed by atoms with Gasteiger partial charge in [0, 0.05) is 30.3 Å². The number of hydrogen-bond acceptors (Lipinski definition) is 7. The van der Waals surface area contributed by atoms with E-state index in [4.69, 9.17) is 9.15 Å². The van der Waals surface area contributed by atoms with Gasteiger partial charge in [-0.05, 0) is 43.2 Å². The van der Waals surface area contributed by atoms with Gasteiger partial charge in [0.15, 0.2) is 5.16 Å². The molecule has 1 fully saturated rings. The molecule has 2 aromatic heterocycles. The van der Waals surface area contributed by atoms with Gasteiger partial charge in [-0.2, -0.15) is 0 Å². The smallest absolute Gasteiger partial charge is 0.336 e. The number of hydrogen-bond donors (Lipinski definition) is 0. The van der Waals surface area contributed by atoms with Gasteiger partial charge < -0.3 is 14.1 Å². The lowest BCUT2D eigenvalue weighted by Gasteiger charge is -2.28. The van der Waals surface area contributed by atoms with Crippen molar-refractivity contribution in [3.63, 3.8) is 0 Å². The molecule has 0 saturated carbocycles. The summed E-state index contributed by atoms with van der Waals surface area (Å²) in [5, 5.41) is 10.8. The maximum absolute atomic E-state index is 12.1. The maximum atomic E-state index is 12.1. The van der Waals surface area contributed by atoms with Gasteiger partial charge in [0.1, 0.15) is 5.58 Å². The van der Waals surface area contributed by atoms with Gasteiger partial charge in [0.05, 0.1) is 18.9 Å². The lowest BCUT2D eigenvalue weighted by atomic mass is 10.1. The third kappa shape index (κ3) is 4.16. The van der Waals surface area contributed by atoms with Crippen molar-refractivity contribution >= 4 is 28.7 Å². The first-order chi connectivity index (χ1) is 15.6. The molecule has 7 nitrogen and oxygen atoms in total. The van der Waals surface area contributed by atoms with Crippen LogP contribution in [0.2, 0.25) is 0 Å². The lowest BCUT2D eigenvalue weighted by molar-refractivity contribution is 0.122. The second-order valence-corrected chi connectivity index (χ2v) is 8.87. The van der Waals surface area contributed by atoms with Crippen molar-refractivity contribution in [3.05, 3.63) is 75.6 Å². The van der Waals surface area contributed by atoms with E-state index >= 15 is 0 Å². The average molecular weight is 449 g/mol. The number of morpholine rings is 1. The van der Waals surface area contributed by atoms with Crippen LogP contribution in [0.4, 0.5) is 5.95 Å². The molecular weight excluding hydrogens is 424 g/mol. The molecule has 0 unspecified atom stereocenters. The standard InChI is InChI=1S/C24H24N4O3S/c1-16-3-6-19(7-4-16)28-23(27-9-11-30-12-10-27)25-26-24(28)32-15-18-14-22(29)31-21-13-17(2)5-8-20(18)21/h3-8,13-14H,9-12,15H2,1-2H3. The highest BCUT2D eigenvalue weighted by atomic mass is 32.2. The summed E-state index contributed by atoms with van der Waals surface area (Å²) in [7, 11) is 0. The Balaban J connectivity index is 1.51. The van der Waals surface area contributed by atoms with E-state index < -0.39 is 0 Å². The Hall–Kier alpha value is -3.10. The monoisotopic (exact) mass is 448 g/mol. The van der Waals surface area contributed by atoms with Crippen LogP contribution in [0.25, 0.3) is 16.7 Å². The number of nitrogens with zero attached hydrogens (tertiary/aromatic N) is 4. The van der Waals surface area contributed by atoms with Gasteiger partial charge in [-0.15, -0.1) is 10.2 Å². The molecule has 164 valence electrons. The van der Waals surface area contributed by atoms with Gasteiger partial charge in [0.2, 0.25) is 5.95 Å². The largest absolute Gasteiger partial charge is 0.423 e. The van der Waals surface area contributed by atoms with Gasteiger partial charge in [-0.25, -0.2) is 4.79 Å². The van der Waals surface area contributed by atoms with Crippen molar-refractivity contribution in [2.75, 3.05) is 31.2 Å². The van der Waals surface area contributed by atoms with Crippen molar-refractivity contribution in [2.24, 2.45) is 0 Å². The van der Waals surface area contributed by atoms with Gasteiger partial charge >= 0.3 is 5.63 Å². The predicted molar refractivity (Wildman–Crippen MR) is 126 cm³/mol. The number of thioether (sulfide) groups is 1. The highest BCUT2D eigenvalue weighted by molar-refractivity contribution is 7.98. The maximum Gasteiger partial charge on any atom is 0.336 e. The SMILES string of the molecule is Cc1ccc(-n2c(SCc3cc(=O)oc4cc(C)ccc34)nnc2N2CCOCC2)cc1. The van der Waals surface area contributed by atoms with Crippen molar-refractivity contribution in [1.82, 2.24) is 14.8 Å². The second-order valence-electron chi connectivity index (χ2n) is 7.93. The van der Waals surface area contributed by atoms with E-state index in [2.05, 4.69) is 50.9 Å². The third-order valence-corrected chi connectivity index (χ3v) is 6.52. The number of anilines is 1. The van der Waals surface area contributed by atoms with E-state index in [0.29, 0.717) is 24.5 Å². The van der Waals surface area contributed by atoms with E-state index in [1.807, 2.05) is 25.1 Å². The van der Waals surface area contributed by atoms with Gasteiger partial charge in [-0.1, -0.05) is 41.6 Å². The fraction of sp³-hybridized carbons (Fsp3) is 0.292. The summed E-state index contributed by atoms with van der Waals surface area (Å²) in [5.74, 6) is 1.39. The fourth-order valence-corrected chi connectivity index (χ4v) is 4.78. The van der Waals surface area contributed by atoms with E-state index in [0.717, 1.165) is 46.4 Å². The normalized spacial score (nSPS) is 14.2. The Kier molecular flexibility index (Phi) is 5.71. The number of rotatable bonds is 5. The Labute approximate surface area is 190 Å². The molecule has 0 aliphatic carbocycles. The molecule has 1 saturated heterocycles. The van der Waals surface area contributed by atoms with Crippen molar-refractivity contribution in [1.29, 1.82) is 0 Å². The van der Waals surface area contributed by atoms with Crippen LogP contribution in [0.3, 0.4) is 0 Å². The summed E-state index contributed by atoms with van der Waals surface area (Å²) in [6, 6.07) is 15.9. The first-order valence-electron chi connectivity index (χ1n) is 10.6. The number of aromatic nitrogens is 3. The Morgan fingerprint density at radius 1 is 0.969 bits per heavy atom.